The third-order valence-electron chi connectivity index (χ3n) is 4.82. The van der Waals surface area contributed by atoms with Gasteiger partial charge in [-0.25, -0.2) is 4.98 Å². The fraction of sp³-hybridized carbons (Fsp3) is 0.182. The van der Waals surface area contributed by atoms with Crippen LogP contribution in [-0.4, -0.2) is 30.7 Å². The summed E-state index contributed by atoms with van der Waals surface area (Å²) in [6, 6.07) is 15.5. The van der Waals surface area contributed by atoms with Crippen LogP contribution in [0.3, 0.4) is 0 Å². The predicted molar refractivity (Wildman–Crippen MR) is 110 cm³/mol. The first-order chi connectivity index (χ1) is 13.7. The summed E-state index contributed by atoms with van der Waals surface area (Å²) in [6.07, 6.45) is 3.85. The smallest absolute Gasteiger partial charge is 0.191 e. The second kappa shape index (κ2) is 7.60. The molecule has 2 aromatic carbocycles. The predicted octanol–water partition coefficient (Wildman–Crippen LogP) is 3.87. The van der Waals surface area contributed by atoms with Crippen molar-refractivity contribution >= 4 is 16.7 Å². The highest BCUT2D eigenvalue weighted by atomic mass is 16.5. The van der Waals surface area contributed by atoms with Gasteiger partial charge in [-0.1, -0.05) is 30.3 Å². The van der Waals surface area contributed by atoms with Gasteiger partial charge in [0, 0.05) is 31.1 Å². The molecule has 0 saturated heterocycles. The van der Waals surface area contributed by atoms with E-state index in [1.54, 1.807) is 25.4 Å². The fourth-order valence-corrected chi connectivity index (χ4v) is 3.24. The summed E-state index contributed by atoms with van der Waals surface area (Å²) < 4.78 is 10.9. The zero-order valence-corrected chi connectivity index (χ0v) is 15.8. The van der Waals surface area contributed by atoms with E-state index in [4.69, 9.17) is 9.15 Å². The number of hydrogen-bond donors (Lipinski definition) is 1. The van der Waals surface area contributed by atoms with Crippen molar-refractivity contribution in [1.29, 1.82) is 0 Å². The molecule has 0 bridgehead atoms. The summed E-state index contributed by atoms with van der Waals surface area (Å²) in [5, 5.41) is 0.576. The molecule has 0 fully saturated rings. The number of methoxy groups -OCH3 is 1. The van der Waals surface area contributed by atoms with Crippen molar-refractivity contribution in [3.63, 3.8) is 0 Å². The van der Waals surface area contributed by atoms with Crippen LogP contribution in [0.4, 0.5) is 5.82 Å². The van der Waals surface area contributed by atoms with E-state index >= 15 is 0 Å². The number of pyridine rings is 1. The maximum Gasteiger partial charge on any atom is 0.191 e. The summed E-state index contributed by atoms with van der Waals surface area (Å²) in [6.45, 7) is 0.790. The molecule has 0 aliphatic heterocycles. The lowest BCUT2D eigenvalue weighted by Crippen LogP contribution is -2.23. The monoisotopic (exact) mass is 375 g/mol. The summed E-state index contributed by atoms with van der Waals surface area (Å²) in [7, 11) is 3.56. The average molecular weight is 375 g/mol. The van der Waals surface area contributed by atoms with Crippen molar-refractivity contribution in [3.8, 4) is 17.1 Å². The Morgan fingerprint density at radius 1 is 1.18 bits per heavy atom. The fourth-order valence-electron chi connectivity index (χ4n) is 3.24. The number of nitrogens with one attached hydrogen (secondary N) is 1. The molecule has 1 N–H and O–H groups in total. The minimum Gasteiger partial charge on any atom is -0.496 e. The molecule has 0 atom stereocenters. The Hall–Kier alpha value is -3.54. The van der Waals surface area contributed by atoms with Crippen molar-refractivity contribution in [2.75, 3.05) is 25.6 Å². The van der Waals surface area contributed by atoms with E-state index in [-0.39, 0.29) is 5.43 Å². The molecule has 0 spiro atoms. The van der Waals surface area contributed by atoms with Crippen molar-refractivity contribution in [2.24, 2.45) is 0 Å². The van der Waals surface area contributed by atoms with Gasteiger partial charge in [-0.05, 0) is 18.1 Å². The zero-order valence-electron chi connectivity index (χ0n) is 15.8. The Morgan fingerprint density at radius 3 is 2.71 bits per heavy atom. The number of likely N-dealkylation sites (N-methyl/N-ethyl adjacent to an activating group) is 1. The van der Waals surface area contributed by atoms with E-state index in [1.165, 1.54) is 12.0 Å². The molecule has 0 amide bonds. The molecule has 6 nitrogen and oxygen atoms in total. The van der Waals surface area contributed by atoms with Gasteiger partial charge in [-0.3, -0.25) is 4.79 Å². The molecule has 142 valence electrons. The molecule has 2 aromatic heterocycles. The number of hydrogen-bond acceptors (Lipinski definition) is 5. The van der Waals surface area contributed by atoms with Crippen LogP contribution in [0.2, 0.25) is 0 Å². The summed E-state index contributed by atoms with van der Waals surface area (Å²) in [5.74, 6) is 1.94. The molecule has 0 radical (unpaired) electrons. The molecular formula is C22H21N3O3. The van der Waals surface area contributed by atoms with Crippen LogP contribution in [0.25, 0.3) is 22.2 Å². The van der Waals surface area contributed by atoms with Crippen LogP contribution in [0, 0.1) is 0 Å². The lowest BCUT2D eigenvalue weighted by atomic mass is 10.1. The summed E-state index contributed by atoms with van der Waals surface area (Å²) in [5.41, 5.74) is 2.62. The lowest BCUT2D eigenvalue weighted by molar-refractivity contribution is 0.415. The second-order valence-corrected chi connectivity index (χ2v) is 6.64. The van der Waals surface area contributed by atoms with Crippen LogP contribution in [0.5, 0.6) is 5.75 Å². The van der Waals surface area contributed by atoms with E-state index in [1.807, 2.05) is 36.2 Å². The van der Waals surface area contributed by atoms with Gasteiger partial charge in [0.1, 0.15) is 11.6 Å². The van der Waals surface area contributed by atoms with Crippen molar-refractivity contribution in [1.82, 2.24) is 9.97 Å². The number of benzene rings is 2. The number of aromatic nitrogens is 2. The Balaban J connectivity index is 1.68. The van der Waals surface area contributed by atoms with Gasteiger partial charge in [0.25, 0.3) is 0 Å². The van der Waals surface area contributed by atoms with Gasteiger partial charge >= 0.3 is 0 Å². The van der Waals surface area contributed by atoms with E-state index in [9.17, 15) is 4.79 Å². The Kier molecular flexibility index (Phi) is 4.85. The molecule has 0 unspecified atom stereocenters. The highest BCUT2D eigenvalue weighted by Crippen LogP contribution is 2.33. The normalized spacial score (nSPS) is 10.9. The largest absolute Gasteiger partial charge is 0.496 e. The zero-order chi connectivity index (χ0) is 19.5. The molecule has 0 saturated carbocycles. The van der Waals surface area contributed by atoms with Crippen molar-refractivity contribution < 1.29 is 9.15 Å². The molecule has 4 rings (SSSR count). The van der Waals surface area contributed by atoms with Gasteiger partial charge in [0.05, 0.1) is 24.4 Å². The van der Waals surface area contributed by atoms with Crippen molar-refractivity contribution in [2.45, 2.75) is 6.42 Å². The van der Waals surface area contributed by atoms with Crippen molar-refractivity contribution in [3.05, 3.63) is 76.9 Å². The minimum absolute atomic E-state index is 0.0567. The van der Waals surface area contributed by atoms with Gasteiger partial charge in [-0.2, -0.15) is 0 Å². The maximum atomic E-state index is 12.8. The number of oxazole rings is 1. The third-order valence-corrected chi connectivity index (χ3v) is 4.82. The third kappa shape index (κ3) is 3.49. The first kappa shape index (κ1) is 17.9. The van der Waals surface area contributed by atoms with Crippen LogP contribution in [0.1, 0.15) is 5.56 Å². The van der Waals surface area contributed by atoms with E-state index in [0.29, 0.717) is 28.0 Å². The molecule has 0 aliphatic rings. The Labute approximate surface area is 162 Å². The van der Waals surface area contributed by atoms with Gasteiger partial charge < -0.3 is 19.0 Å². The Morgan fingerprint density at radius 2 is 2.00 bits per heavy atom. The van der Waals surface area contributed by atoms with E-state index in [2.05, 4.69) is 22.1 Å². The van der Waals surface area contributed by atoms with Gasteiger partial charge in [0.15, 0.2) is 17.6 Å². The Bertz CT molecular complexity index is 1140. The SMILES string of the molecule is COc1cc2[nH]c(N(C)CCc3ccccc3)cc(=O)c2cc1-c1cnco1. The number of rotatable bonds is 6. The van der Waals surface area contributed by atoms with Crippen LogP contribution in [-0.2, 0) is 6.42 Å². The summed E-state index contributed by atoms with van der Waals surface area (Å²) in [4.78, 5) is 22.1. The number of H-pyrrole nitrogens is 1. The van der Waals surface area contributed by atoms with Crippen LogP contribution >= 0.6 is 0 Å². The summed E-state index contributed by atoms with van der Waals surface area (Å²) >= 11 is 0. The lowest BCUT2D eigenvalue weighted by Gasteiger charge is -2.20. The van der Waals surface area contributed by atoms with Gasteiger partial charge in [0.2, 0.25) is 0 Å². The maximum absolute atomic E-state index is 12.8. The van der Waals surface area contributed by atoms with Crippen LogP contribution in [0.15, 0.2) is 70.3 Å². The highest BCUT2D eigenvalue weighted by Gasteiger charge is 2.14. The quantitative estimate of drug-likeness (QED) is 0.554. The van der Waals surface area contributed by atoms with E-state index < -0.39 is 0 Å². The number of ether oxygens (including phenoxy) is 1. The number of aromatic amines is 1. The topological polar surface area (TPSA) is 71.4 Å². The molecular weight excluding hydrogens is 354 g/mol. The molecule has 0 aliphatic carbocycles. The van der Waals surface area contributed by atoms with Crippen LogP contribution < -0.4 is 15.1 Å². The molecule has 4 aromatic rings. The number of nitrogens with zero attached hydrogens (tertiary/aromatic N) is 2. The molecule has 28 heavy (non-hydrogen) atoms. The average Bonchev–Trinajstić information content (AvgIpc) is 3.26. The second-order valence-electron chi connectivity index (χ2n) is 6.64. The first-order valence-corrected chi connectivity index (χ1v) is 9.04. The number of anilines is 1. The minimum atomic E-state index is -0.0567. The first-order valence-electron chi connectivity index (χ1n) is 9.04. The highest BCUT2D eigenvalue weighted by molar-refractivity contribution is 5.88. The van der Waals surface area contributed by atoms with E-state index in [0.717, 1.165) is 18.8 Å². The molecule has 2 heterocycles. The van der Waals surface area contributed by atoms with Gasteiger partial charge in [-0.15, -0.1) is 0 Å². The molecule has 6 heteroatoms. The number of fused-ring (bicyclic) bond motifs is 1. The standard InChI is InChI=1S/C22H21N3O3/c1-25(9-8-15-6-4-3-5-7-15)22-12-19(26)16-10-17(21-13-23-14-28-21)20(27-2)11-18(16)24-22/h3-7,10-14H,8-9H2,1-2H3,(H,24,26).